The van der Waals surface area contributed by atoms with Crippen LogP contribution in [0.5, 0.6) is 0 Å². The van der Waals surface area contributed by atoms with Crippen LogP contribution in [0.2, 0.25) is 0 Å². The average molecular weight is 450 g/mol. The van der Waals surface area contributed by atoms with E-state index in [1.54, 1.807) is 7.05 Å². The van der Waals surface area contributed by atoms with Crippen molar-refractivity contribution < 1.29 is 22.7 Å². The minimum atomic E-state index is -4.40. The number of rotatable bonds is 3. The van der Waals surface area contributed by atoms with Gasteiger partial charge < -0.3 is 20.3 Å². The molecular weight excluding hydrogens is 428 g/mol. The van der Waals surface area contributed by atoms with E-state index in [1.807, 2.05) is 10.2 Å². The molecule has 1 unspecified atom stereocenters. The number of hydrogen-bond donors (Lipinski definition) is 2. The smallest absolute Gasteiger partial charge is 0.381 e. The lowest BCUT2D eigenvalue weighted by molar-refractivity contribution is -0.137. The van der Waals surface area contributed by atoms with Crippen molar-refractivity contribution in [1.29, 1.82) is 0 Å². The number of amides is 1. The Labute approximate surface area is 150 Å². The van der Waals surface area contributed by atoms with Crippen molar-refractivity contribution in [3.63, 3.8) is 0 Å². The van der Waals surface area contributed by atoms with Gasteiger partial charge in [-0.25, -0.2) is 0 Å². The van der Waals surface area contributed by atoms with E-state index in [4.69, 9.17) is 4.74 Å². The second-order valence-electron chi connectivity index (χ2n) is 5.77. The van der Waals surface area contributed by atoms with E-state index < -0.39 is 18.6 Å². The highest BCUT2D eigenvalue weighted by molar-refractivity contribution is 14.0. The number of aliphatic imine (C=N–C) groups is 1. The van der Waals surface area contributed by atoms with Gasteiger partial charge in [0.05, 0.1) is 13.2 Å². The van der Waals surface area contributed by atoms with Crippen LogP contribution in [0.1, 0.15) is 12.8 Å². The molecule has 1 atom stereocenters. The maximum absolute atomic E-state index is 12.0. The van der Waals surface area contributed by atoms with Gasteiger partial charge in [-0.15, -0.1) is 24.0 Å². The van der Waals surface area contributed by atoms with Gasteiger partial charge in [-0.05, 0) is 12.8 Å². The van der Waals surface area contributed by atoms with Gasteiger partial charge in [0, 0.05) is 32.2 Å². The summed E-state index contributed by atoms with van der Waals surface area (Å²) in [6, 6.07) is 0. The van der Waals surface area contributed by atoms with Gasteiger partial charge >= 0.3 is 6.18 Å². The van der Waals surface area contributed by atoms with Crippen LogP contribution in [0.3, 0.4) is 0 Å². The second kappa shape index (κ2) is 8.36. The molecule has 2 N–H and O–H groups in total. The number of ether oxygens (including phenoxy) is 1. The molecule has 1 spiro atoms. The molecule has 0 aromatic heterocycles. The van der Waals surface area contributed by atoms with Crippen LogP contribution in [-0.4, -0.2) is 69.4 Å². The number of alkyl halides is 3. The van der Waals surface area contributed by atoms with E-state index in [9.17, 15) is 18.0 Å². The molecule has 0 aliphatic carbocycles. The number of nitrogens with one attached hydrogen (secondary N) is 2. The Morgan fingerprint density at radius 3 is 2.65 bits per heavy atom. The first-order chi connectivity index (χ1) is 10.3. The van der Waals surface area contributed by atoms with Crippen molar-refractivity contribution in [3.8, 4) is 0 Å². The lowest BCUT2D eigenvalue weighted by atomic mass is 9.87. The molecule has 6 nitrogen and oxygen atoms in total. The fraction of sp³-hybridized carbons (Fsp3) is 0.846. The Kier molecular flexibility index (Phi) is 7.36. The minimum Gasteiger partial charge on any atom is -0.381 e. The third kappa shape index (κ3) is 5.98. The molecule has 0 aromatic rings. The van der Waals surface area contributed by atoms with E-state index in [0.717, 1.165) is 39.1 Å². The molecule has 10 heteroatoms. The van der Waals surface area contributed by atoms with Crippen molar-refractivity contribution in [1.82, 2.24) is 15.5 Å². The predicted octanol–water partition coefficient (Wildman–Crippen LogP) is 0.971. The van der Waals surface area contributed by atoms with Crippen molar-refractivity contribution in [2.45, 2.75) is 19.0 Å². The Hall–Kier alpha value is -0.780. The van der Waals surface area contributed by atoms with Crippen molar-refractivity contribution in [3.05, 3.63) is 0 Å². The van der Waals surface area contributed by atoms with E-state index >= 15 is 0 Å². The molecule has 23 heavy (non-hydrogen) atoms. The van der Waals surface area contributed by atoms with Gasteiger partial charge in [-0.1, -0.05) is 0 Å². The van der Waals surface area contributed by atoms with Crippen molar-refractivity contribution in [2.24, 2.45) is 10.4 Å². The number of likely N-dealkylation sites (tertiary alicyclic amines) is 1. The first kappa shape index (κ1) is 20.3. The van der Waals surface area contributed by atoms with Crippen LogP contribution >= 0.6 is 24.0 Å². The molecule has 2 heterocycles. The summed E-state index contributed by atoms with van der Waals surface area (Å²) in [5, 5.41) is 4.63. The Balaban J connectivity index is 0.00000264. The molecule has 134 valence electrons. The summed E-state index contributed by atoms with van der Waals surface area (Å²) in [6.07, 6.45) is -2.40. The molecule has 2 fully saturated rings. The number of halogens is 4. The summed E-state index contributed by atoms with van der Waals surface area (Å²) in [4.78, 5) is 17.5. The van der Waals surface area contributed by atoms with E-state index in [1.165, 1.54) is 0 Å². The SMILES string of the molecule is CN=C(NCC(=O)NCC(F)(F)F)N1CCC2(CCOC2)C1.I. The zero-order chi connectivity index (χ0) is 16.2. The third-order valence-electron chi connectivity index (χ3n) is 4.03. The summed E-state index contributed by atoms with van der Waals surface area (Å²) in [7, 11) is 1.59. The lowest BCUT2D eigenvalue weighted by Crippen LogP contribution is -2.46. The molecule has 0 saturated carbocycles. The number of nitrogens with zero attached hydrogens (tertiary/aromatic N) is 2. The monoisotopic (exact) mass is 450 g/mol. The maximum atomic E-state index is 12.0. The van der Waals surface area contributed by atoms with Crippen LogP contribution in [0.15, 0.2) is 4.99 Å². The lowest BCUT2D eigenvalue weighted by Gasteiger charge is -2.24. The molecule has 0 aromatic carbocycles. The molecule has 0 bridgehead atoms. The summed E-state index contributed by atoms with van der Waals surface area (Å²) in [5.74, 6) is -0.178. The predicted molar refractivity (Wildman–Crippen MR) is 89.9 cm³/mol. The zero-order valence-corrected chi connectivity index (χ0v) is 15.2. The average Bonchev–Trinajstić information content (AvgIpc) is 3.08. The first-order valence-corrected chi connectivity index (χ1v) is 7.20. The zero-order valence-electron chi connectivity index (χ0n) is 12.9. The second-order valence-corrected chi connectivity index (χ2v) is 5.77. The topological polar surface area (TPSA) is 66.0 Å². The molecule has 0 radical (unpaired) electrons. The fourth-order valence-electron chi connectivity index (χ4n) is 2.84. The van der Waals surface area contributed by atoms with Crippen LogP contribution in [0, 0.1) is 5.41 Å². The molecule has 2 aliphatic heterocycles. The van der Waals surface area contributed by atoms with E-state index in [0.29, 0.717) is 5.96 Å². The summed E-state index contributed by atoms with van der Waals surface area (Å²) < 4.78 is 41.5. The van der Waals surface area contributed by atoms with Gasteiger partial charge in [-0.3, -0.25) is 9.79 Å². The summed E-state index contributed by atoms with van der Waals surface area (Å²) in [5.41, 5.74) is 0.149. The highest BCUT2D eigenvalue weighted by Crippen LogP contribution is 2.38. The molecule has 2 saturated heterocycles. The summed E-state index contributed by atoms with van der Waals surface area (Å²) >= 11 is 0. The quantitative estimate of drug-likeness (QED) is 0.382. The van der Waals surface area contributed by atoms with E-state index in [2.05, 4.69) is 10.3 Å². The highest BCUT2D eigenvalue weighted by Gasteiger charge is 2.42. The Bertz CT molecular complexity index is 439. The Morgan fingerprint density at radius 2 is 2.09 bits per heavy atom. The van der Waals surface area contributed by atoms with Crippen LogP contribution in [0.4, 0.5) is 13.2 Å². The molecular formula is C13H22F3IN4O2. The third-order valence-corrected chi connectivity index (χ3v) is 4.03. The summed E-state index contributed by atoms with van der Waals surface area (Å²) in [6.45, 7) is 1.52. The van der Waals surface area contributed by atoms with Crippen LogP contribution < -0.4 is 10.6 Å². The van der Waals surface area contributed by atoms with Gasteiger partial charge in [0.15, 0.2) is 5.96 Å². The fourth-order valence-corrected chi connectivity index (χ4v) is 2.84. The van der Waals surface area contributed by atoms with Crippen molar-refractivity contribution in [2.75, 3.05) is 46.4 Å². The van der Waals surface area contributed by atoms with Crippen LogP contribution in [0.25, 0.3) is 0 Å². The minimum absolute atomic E-state index is 0. The molecule has 2 aliphatic rings. The van der Waals surface area contributed by atoms with Crippen LogP contribution in [-0.2, 0) is 9.53 Å². The number of guanidine groups is 1. The maximum Gasteiger partial charge on any atom is 0.405 e. The highest BCUT2D eigenvalue weighted by atomic mass is 127. The van der Waals surface area contributed by atoms with Gasteiger partial charge in [-0.2, -0.15) is 13.2 Å². The number of hydrogen-bond acceptors (Lipinski definition) is 3. The number of carbonyl (C=O) groups is 1. The van der Waals surface area contributed by atoms with E-state index in [-0.39, 0.29) is 35.9 Å². The van der Waals surface area contributed by atoms with Gasteiger partial charge in [0.1, 0.15) is 6.54 Å². The van der Waals surface area contributed by atoms with Crippen molar-refractivity contribution >= 4 is 35.8 Å². The first-order valence-electron chi connectivity index (χ1n) is 7.20. The largest absolute Gasteiger partial charge is 0.405 e. The molecule has 1 amide bonds. The van der Waals surface area contributed by atoms with Gasteiger partial charge in [0.2, 0.25) is 5.91 Å². The number of carbonyl (C=O) groups excluding carboxylic acids is 1. The normalized spacial score (nSPS) is 24.7. The van der Waals surface area contributed by atoms with Gasteiger partial charge in [0.25, 0.3) is 0 Å². The Morgan fingerprint density at radius 1 is 1.35 bits per heavy atom. The standard InChI is InChI=1S/C13H21F3N4O2.HI/c1-17-11(18-6-10(21)19-7-13(14,15)16)20-4-2-12(8-20)3-5-22-9-12;/h2-9H2,1H3,(H,17,18)(H,19,21);1H. The molecule has 2 rings (SSSR count).